The molecule has 0 bridgehead atoms. The Balaban J connectivity index is 2.47. The Hall–Kier alpha value is -1.54. The second kappa shape index (κ2) is 5.25. The van der Waals surface area contributed by atoms with E-state index in [1.807, 2.05) is 6.07 Å². The van der Waals surface area contributed by atoms with Crippen LogP contribution in [0.5, 0.6) is 5.75 Å². The maximum Gasteiger partial charge on any atom is 0.349 e. The molecule has 0 atom stereocenters. The number of nitriles is 1. The molecule has 0 spiro atoms. The number of ether oxygens (including phenoxy) is 1. The Morgan fingerprint density at radius 2 is 2.50 bits per heavy atom. The van der Waals surface area contributed by atoms with Gasteiger partial charge in [-0.1, -0.05) is 0 Å². The summed E-state index contributed by atoms with van der Waals surface area (Å²) in [7, 11) is 0. The van der Waals surface area contributed by atoms with Crippen LogP contribution in [-0.2, 0) is 0 Å². The number of rotatable bonds is 5. The number of nitrogens with zero attached hydrogens (tertiary/aromatic N) is 1. The number of aromatic carboxylic acids is 1. The molecule has 0 aromatic carbocycles. The van der Waals surface area contributed by atoms with Gasteiger partial charge in [0.05, 0.1) is 12.7 Å². The fourth-order valence-electron chi connectivity index (χ4n) is 0.900. The van der Waals surface area contributed by atoms with Gasteiger partial charge in [0.2, 0.25) is 0 Å². The number of carboxylic acid groups (broad SMARTS) is 1. The Kier molecular flexibility index (Phi) is 3.95. The number of hydrogen-bond acceptors (Lipinski definition) is 4. The highest BCUT2D eigenvalue weighted by Gasteiger charge is 2.12. The van der Waals surface area contributed by atoms with E-state index in [0.717, 1.165) is 11.3 Å². The predicted octanol–water partition coefficient (Wildman–Crippen LogP) is 2.13. The lowest BCUT2D eigenvalue weighted by Gasteiger charge is -2.02. The van der Waals surface area contributed by atoms with E-state index in [2.05, 4.69) is 0 Å². The van der Waals surface area contributed by atoms with E-state index in [0.29, 0.717) is 25.2 Å². The molecule has 0 unspecified atom stereocenters. The molecule has 0 aliphatic heterocycles. The average molecular weight is 211 g/mol. The van der Waals surface area contributed by atoms with E-state index >= 15 is 0 Å². The molecular formula is C9H9NO3S. The quantitative estimate of drug-likeness (QED) is 0.757. The van der Waals surface area contributed by atoms with Crippen LogP contribution in [0.15, 0.2) is 11.4 Å². The number of carbonyl (C=O) groups is 1. The number of unbranched alkanes of at least 4 members (excludes halogenated alkanes) is 1. The number of thiophene rings is 1. The number of hydrogen-bond donors (Lipinski definition) is 1. The first-order valence-corrected chi connectivity index (χ1v) is 4.94. The smallest absolute Gasteiger partial charge is 0.349 e. The minimum Gasteiger partial charge on any atom is -0.492 e. The highest BCUT2D eigenvalue weighted by atomic mass is 32.1. The zero-order valence-corrected chi connectivity index (χ0v) is 8.21. The Labute approximate surface area is 85.4 Å². The molecule has 0 amide bonds. The Morgan fingerprint density at radius 3 is 3.14 bits per heavy atom. The van der Waals surface area contributed by atoms with Crippen molar-refractivity contribution in [3.05, 3.63) is 16.3 Å². The van der Waals surface area contributed by atoms with Crippen molar-refractivity contribution >= 4 is 17.3 Å². The summed E-state index contributed by atoms with van der Waals surface area (Å²) in [5.41, 5.74) is 0. The predicted molar refractivity (Wildman–Crippen MR) is 51.6 cm³/mol. The van der Waals surface area contributed by atoms with Crippen LogP contribution in [0, 0.1) is 11.3 Å². The third-order valence-electron chi connectivity index (χ3n) is 1.51. The zero-order valence-electron chi connectivity index (χ0n) is 7.40. The van der Waals surface area contributed by atoms with E-state index in [1.54, 1.807) is 11.4 Å². The van der Waals surface area contributed by atoms with Crippen molar-refractivity contribution in [2.75, 3.05) is 6.61 Å². The summed E-state index contributed by atoms with van der Waals surface area (Å²) in [6.07, 6.45) is 1.04. The van der Waals surface area contributed by atoms with Crippen LogP contribution in [0.25, 0.3) is 0 Å². The van der Waals surface area contributed by atoms with Crippen LogP contribution >= 0.6 is 11.3 Å². The molecule has 1 rings (SSSR count). The van der Waals surface area contributed by atoms with Crippen LogP contribution in [0.2, 0.25) is 0 Å². The van der Waals surface area contributed by atoms with Crippen LogP contribution in [0.3, 0.4) is 0 Å². The van der Waals surface area contributed by atoms with Gasteiger partial charge in [0.25, 0.3) is 0 Å². The standard InChI is InChI=1S/C9H9NO3S/c10-4-1-2-5-13-7-3-6-14-8(7)9(11)12/h3,6H,1-2,5H2,(H,11,12). The van der Waals surface area contributed by atoms with Crippen molar-refractivity contribution in [3.8, 4) is 11.8 Å². The van der Waals surface area contributed by atoms with Gasteiger partial charge in [-0.25, -0.2) is 4.79 Å². The molecule has 0 radical (unpaired) electrons. The molecular weight excluding hydrogens is 202 g/mol. The molecule has 4 nitrogen and oxygen atoms in total. The summed E-state index contributed by atoms with van der Waals surface area (Å²) in [5, 5.41) is 18.7. The van der Waals surface area contributed by atoms with Gasteiger partial charge in [-0.15, -0.1) is 11.3 Å². The van der Waals surface area contributed by atoms with Gasteiger partial charge in [-0.3, -0.25) is 0 Å². The topological polar surface area (TPSA) is 70.3 Å². The molecule has 0 saturated carbocycles. The van der Waals surface area contributed by atoms with Gasteiger partial charge >= 0.3 is 5.97 Å². The van der Waals surface area contributed by atoms with Crippen molar-refractivity contribution in [1.82, 2.24) is 0 Å². The first-order chi connectivity index (χ1) is 6.75. The first-order valence-electron chi connectivity index (χ1n) is 4.06. The van der Waals surface area contributed by atoms with Gasteiger partial charge < -0.3 is 9.84 Å². The summed E-state index contributed by atoms with van der Waals surface area (Å²) in [6, 6.07) is 3.62. The van der Waals surface area contributed by atoms with Crippen LogP contribution in [0.4, 0.5) is 0 Å². The average Bonchev–Trinajstić information content (AvgIpc) is 2.60. The third kappa shape index (κ3) is 2.75. The van der Waals surface area contributed by atoms with Crippen molar-refractivity contribution in [1.29, 1.82) is 5.26 Å². The Morgan fingerprint density at radius 1 is 1.71 bits per heavy atom. The van der Waals surface area contributed by atoms with Gasteiger partial charge in [-0.2, -0.15) is 5.26 Å². The van der Waals surface area contributed by atoms with Gasteiger partial charge in [0.15, 0.2) is 4.88 Å². The number of carboxylic acids is 1. The van der Waals surface area contributed by atoms with E-state index < -0.39 is 5.97 Å². The van der Waals surface area contributed by atoms with Crippen molar-refractivity contribution in [3.63, 3.8) is 0 Å². The van der Waals surface area contributed by atoms with Gasteiger partial charge in [-0.05, 0) is 17.9 Å². The summed E-state index contributed by atoms with van der Waals surface area (Å²) >= 11 is 1.13. The summed E-state index contributed by atoms with van der Waals surface area (Å²) in [5.74, 6) is -0.587. The highest BCUT2D eigenvalue weighted by Crippen LogP contribution is 2.24. The molecule has 14 heavy (non-hydrogen) atoms. The minimum atomic E-state index is -0.977. The largest absolute Gasteiger partial charge is 0.492 e. The molecule has 0 aliphatic rings. The lowest BCUT2D eigenvalue weighted by molar-refractivity contribution is 0.0698. The minimum absolute atomic E-state index is 0.210. The maximum absolute atomic E-state index is 10.6. The molecule has 0 saturated heterocycles. The van der Waals surface area contributed by atoms with Gasteiger partial charge in [0.1, 0.15) is 5.75 Å². The summed E-state index contributed by atoms with van der Waals surface area (Å²) in [6.45, 7) is 0.380. The fourth-order valence-corrected chi connectivity index (χ4v) is 1.57. The molecule has 74 valence electrons. The SMILES string of the molecule is N#CCCCOc1ccsc1C(=O)O. The van der Waals surface area contributed by atoms with Crippen LogP contribution in [0.1, 0.15) is 22.5 Å². The van der Waals surface area contributed by atoms with E-state index in [4.69, 9.17) is 15.1 Å². The fraction of sp³-hybridized carbons (Fsp3) is 0.333. The highest BCUT2D eigenvalue weighted by molar-refractivity contribution is 7.12. The molecule has 1 heterocycles. The molecule has 0 fully saturated rings. The van der Waals surface area contributed by atoms with Crippen molar-refractivity contribution in [2.24, 2.45) is 0 Å². The van der Waals surface area contributed by atoms with Crippen molar-refractivity contribution < 1.29 is 14.6 Å². The molecule has 5 heteroatoms. The second-order valence-electron chi connectivity index (χ2n) is 2.53. The maximum atomic E-state index is 10.6. The third-order valence-corrected chi connectivity index (χ3v) is 2.40. The van der Waals surface area contributed by atoms with Crippen LogP contribution < -0.4 is 4.74 Å². The first kappa shape index (κ1) is 10.5. The lowest BCUT2D eigenvalue weighted by Crippen LogP contribution is -2.01. The van der Waals surface area contributed by atoms with E-state index in [-0.39, 0.29) is 4.88 Å². The molecule has 0 aliphatic carbocycles. The van der Waals surface area contributed by atoms with E-state index in [9.17, 15) is 4.79 Å². The van der Waals surface area contributed by atoms with Crippen molar-refractivity contribution in [2.45, 2.75) is 12.8 Å². The van der Waals surface area contributed by atoms with Crippen LogP contribution in [-0.4, -0.2) is 17.7 Å². The molecule has 1 aromatic heterocycles. The van der Waals surface area contributed by atoms with E-state index in [1.165, 1.54) is 0 Å². The second-order valence-corrected chi connectivity index (χ2v) is 3.45. The molecule has 1 aromatic rings. The van der Waals surface area contributed by atoms with Gasteiger partial charge in [0, 0.05) is 6.42 Å². The summed E-state index contributed by atoms with van der Waals surface area (Å²) in [4.78, 5) is 10.9. The summed E-state index contributed by atoms with van der Waals surface area (Å²) < 4.78 is 5.22. The molecule has 1 N–H and O–H groups in total. The normalized spacial score (nSPS) is 9.36. The zero-order chi connectivity index (χ0) is 10.4. The monoisotopic (exact) mass is 211 g/mol. The lowest BCUT2D eigenvalue weighted by atomic mass is 10.3. The Bertz CT molecular complexity index is 353.